The summed E-state index contributed by atoms with van der Waals surface area (Å²) in [6.07, 6.45) is -0.183. The molecular weight excluding hydrogens is 375 g/mol. The number of fused-ring (bicyclic) bond motifs is 1. The van der Waals surface area contributed by atoms with Crippen molar-refractivity contribution in [2.24, 2.45) is 0 Å². The molecule has 1 amide bonds. The van der Waals surface area contributed by atoms with E-state index in [1.807, 2.05) is 30.0 Å². The molecule has 154 valence electrons. The number of para-hydroxylation sites is 1. The highest BCUT2D eigenvalue weighted by molar-refractivity contribution is 5.81. The topological polar surface area (TPSA) is 51.2 Å². The van der Waals surface area contributed by atoms with E-state index < -0.39 is 11.9 Å². The molecule has 6 nitrogen and oxygen atoms in total. The Morgan fingerprint density at radius 1 is 1.10 bits per heavy atom. The van der Waals surface area contributed by atoms with Crippen LogP contribution in [0.25, 0.3) is 0 Å². The van der Waals surface area contributed by atoms with Gasteiger partial charge in [-0.2, -0.15) is 0 Å². The molecule has 1 saturated heterocycles. The van der Waals surface area contributed by atoms with Crippen LogP contribution in [0.4, 0.5) is 4.39 Å². The molecule has 1 fully saturated rings. The number of halogens is 1. The Morgan fingerprint density at radius 3 is 2.62 bits per heavy atom. The van der Waals surface area contributed by atoms with Crippen LogP contribution in [0.3, 0.4) is 0 Å². The van der Waals surface area contributed by atoms with Crippen LogP contribution >= 0.6 is 0 Å². The van der Waals surface area contributed by atoms with Gasteiger partial charge in [-0.05, 0) is 36.2 Å². The van der Waals surface area contributed by atoms with E-state index in [0.717, 1.165) is 36.7 Å². The maximum atomic E-state index is 13.9. The summed E-state index contributed by atoms with van der Waals surface area (Å²) in [4.78, 5) is 17.0. The second-order valence-corrected chi connectivity index (χ2v) is 7.23. The summed E-state index contributed by atoms with van der Waals surface area (Å²) < 4.78 is 30.3. The Hall–Kier alpha value is -2.80. The van der Waals surface area contributed by atoms with Gasteiger partial charge in [-0.15, -0.1) is 0 Å². The van der Waals surface area contributed by atoms with Crippen LogP contribution in [-0.2, 0) is 11.3 Å². The fraction of sp³-hybridized carbons (Fsp3) is 0.409. The summed E-state index contributed by atoms with van der Waals surface area (Å²) in [6, 6.07) is 12.2. The van der Waals surface area contributed by atoms with Crippen LogP contribution in [0.2, 0.25) is 0 Å². The minimum atomic E-state index is -0.674. The molecule has 0 bridgehead atoms. The number of hydrogen-bond acceptors (Lipinski definition) is 5. The van der Waals surface area contributed by atoms with E-state index in [-0.39, 0.29) is 18.4 Å². The fourth-order valence-electron chi connectivity index (χ4n) is 3.63. The number of ether oxygens (including phenoxy) is 3. The molecule has 0 saturated carbocycles. The number of rotatable bonds is 6. The normalized spacial score (nSPS) is 17.2. The predicted molar refractivity (Wildman–Crippen MR) is 106 cm³/mol. The predicted octanol–water partition coefficient (Wildman–Crippen LogP) is 3.06. The molecule has 2 aromatic carbocycles. The average Bonchev–Trinajstić information content (AvgIpc) is 3.21. The minimum Gasteiger partial charge on any atom is -0.478 e. The molecule has 0 spiro atoms. The molecule has 29 heavy (non-hydrogen) atoms. The van der Waals surface area contributed by atoms with Crippen LogP contribution in [0, 0.1) is 5.82 Å². The number of piperazine rings is 1. The van der Waals surface area contributed by atoms with Crippen molar-refractivity contribution in [1.29, 1.82) is 0 Å². The third-order valence-corrected chi connectivity index (χ3v) is 5.28. The quantitative estimate of drug-likeness (QED) is 0.746. The Balaban J connectivity index is 1.31. The van der Waals surface area contributed by atoms with Crippen molar-refractivity contribution in [2.45, 2.75) is 26.0 Å². The smallest absolute Gasteiger partial charge is 0.263 e. The Labute approximate surface area is 169 Å². The molecule has 0 N–H and O–H groups in total. The van der Waals surface area contributed by atoms with E-state index in [1.165, 1.54) is 6.07 Å². The van der Waals surface area contributed by atoms with Gasteiger partial charge in [-0.25, -0.2) is 4.39 Å². The molecule has 2 aliphatic rings. The summed E-state index contributed by atoms with van der Waals surface area (Å²) in [5, 5.41) is 0. The number of amides is 1. The van der Waals surface area contributed by atoms with E-state index in [1.54, 1.807) is 18.2 Å². The lowest BCUT2D eigenvalue weighted by molar-refractivity contribution is -0.140. The summed E-state index contributed by atoms with van der Waals surface area (Å²) in [6.45, 7) is 5.74. The number of carbonyl (C=O) groups excluding carboxylic acids is 1. The van der Waals surface area contributed by atoms with E-state index in [0.29, 0.717) is 19.5 Å². The van der Waals surface area contributed by atoms with Crippen LogP contribution < -0.4 is 14.2 Å². The number of nitrogens with zero attached hydrogens (tertiary/aromatic N) is 2. The van der Waals surface area contributed by atoms with Crippen molar-refractivity contribution in [3.8, 4) is 17.2 Å². The summed E-state index contributed by atoms with van der Waals surface area (Å²) >= 11 is 0. The van der Waals surface area contributed by atoms with Gasteiger partial charge >= 0.3 is 0 Å². The third kappa shape index (κ3) is 4.45. The molecule has 4 rings (SSSR count). The SMILES string of the molecule is CCC(Oc1ccccc1F)C(=O)N1CCN(Cc2ccc3c(c2)OCO3)CC1. The van der Waals surface area contributed by atoms with E-state index in [2.05, 4.69) is 4.90 Å². The lowest BCUT2D eigenvalue weighted by atomic mass is 10.1. The van der Waals surface area contributed by atoms with Gasteiger partial charge in [-0.1, -0.05) is 25.1 Å². The molecule has 0 aromatic heterocycles. The third-order valence-electron chi connectivity index (χ3n) is 5.28. The van der Waals surface area contributed by atoms with Gasteiger partial charge in [-0.3, -0.25) is 9.69 Å². The van der Waals surface area contributed by atoms with Crippen molar-refractivity contribution in [3.05, 3.63) is 53.8 Å². The molecule has 2 heterocycles. The second-order valence-electron chi connectivity index (χ2n) is 7.23. The molecule has 0 aliphatic carbocycles. The van der Waals surface area contributed by atoms with Crippen molar-refractivity contribution < 1.29 is 23.4 Å². The van der Waals surface area contributed by atoms with Crippen LogP contribution in [-0.4, -0.2) is 54.8 Å². The molecule has 7 heteroatoms. The lowest BCUT2D eigenvalue weighted by Crippen LogP contribution is -2.52. The summed E-state index contributed by atoms with van der Waals surface area (Å²) in [5.41, 5.74) is 1.16. The van der Waals surface area contributed by atoms with Gasteiger partial charge in [0.2, 0.25) is 6.79 Å². The maximum Gasteiger partial charge on any atom is 0.263 e. The number of hydrogen-bond donors (Lipinski definition) is 0. The van der Waals surface area contributed by atoms with Gasteiger partial charge in [0.25, 0.3) is 5.91 Å². The van der Waals surface area contributed by atoms with E-state index in [9.17, 15) is 9.18 Å². The zero-order valence-electron chi connectivity index (χ0n) is 16.5. The Kier molecular flexibility index (Phi) is 5.85. The highest BCUT2D eigenvalue weighted by Crippen LogP contribution is 2.32. The zero-order valence-corrected chi connectivity index (χ0v) is 16.5. The number of carbonyl (C=O) groups is 1. The number of benzene rings is 2. The van der Waals surface area contributed by atoms with Gasteiger partial charge in [0.15, 0.2) is 29.2 Å². The molecule has 2 aromatic rings. The maximum absolute atomic E-state index is 13.9. The first-order valence-electron chi connectivity index (χ1n) is 9.95. The van der Waals surface area contributed by atoms with Crippen molar-refractivity contribution in [3.63, 3.8) is 0 Å². The van der Waals surface area contributed by atoms with Crippen molar-refractivity contribution in [2.75, 3.05) is 33.0 Å². The minimum absolute atomic E-state index is 0.0847. The van der Waals surface area contributed by atoms with Gasteiger partial charge in [0.05, 0.1) is 0 Å². The molecule has 1 unspecified atom stereocenters. The van der Waals surface area contributed by atoms with Crippen molar-refractivity contribution >= 4 is 5.91 Å². The van der Waals surface area contributed by atoms with Crippen LogP contribution in [0.1, 0.15) is 18.9 Å². The fourth-order valence-corrected chi connectivity index (χ4v) is 3.63. The van der Waals surface area contributed by atoms with Crippen LogP contribution in [0.15, 0.2) is 42.5 Å². The largest absolute Gasteiger partial charge is 0.478 e. The Bertz CT molecular complexity index is 868. The lowest BCUT2D eigenvalue weighted by Gasteiger charge is -2.36. The summed E-state index contributed by atoms with van der Waals surface area (Å²) in [7, 11) is 0. The van der Waals surface area contributed by atoms with Gasteiger partial charge in [0, 0.05) is 32.7 Å². The molecule has 1 atom stereocenters. The first kappa shape index (κ1) is 19.5. The summed E-state index contributed by atoms with van der Waals surface area (Å²) in [5.74, 6) is 1.15. The first-order valence-corrected chi connectivity index (χ1v) is 9.95. The molecule has 2 aliphatic heterocycles. The highest BCUT2D eigenvalue weighted by Gasteiger charge is 2.28. The average molecular weight is 400 g/mol. The molecular formula is C22H25FN2O4. The van der Waals surface area contributed by atoms with E-state index >= 15 is 0 Å². The van der Waals surface area contributed by atoms with Gasteiger partial charge < -0.3 is 19.1 Å². The standard InChI is InChI=1S/C22H25FN2O4/c1-2-18(29-19-6-4-3-5-17(19)23)22(26)25-11-9-24(10-12-25)14-16-7-8-20-21(13-16)28-15-27-20/h3-8,13,18H,2,9-12,14-15H2,1H3. The van der Waals surface area contributed by atoms with E-state index in [4.69, 9.17) is 14.2 Å². The monoisotopic (exact) mass is 400 g/mol. The van der Waals surface area contributed by atoms with Gasteiger partial charge in [0.1, 0.15) is 0 Å². The van der Waals surface area contributed by atoms with Crippen molar-refractivity contribution in [1.82, 2.24) is 9.80 Å². The highest BCUT2D eigenvalue weighted by atomic mass is 19.1. The van der Waals surface area contributed by atoms with Crippen LogP contribution in [0.5, 0.6) is 17.2 Å². The zero-order chi connectivity index (χ0) is 20.2. The Morgan fingerprint density at radius 2 is 1.86 bits per heavy atom. The first-order chi connectivity index (χ1) is 14.1. The second kappa shape index (κ2) is 8.69. The molecule has 0 radical (unpaired) electrons.